The first-order chi connectivity index (χ1) is 15.8. The van der Waals surface area contributed by atoms with Gasteiger partial charge in [-0.2, -0.15) is 0 Å². The molecular weight excluding hydrogens is 446 g/mol. The van der Waals surface area contributed by atoms with Crippen molar-refractivity contribution in [2.75, 3.05) is 0 Å². The molecule has 0 aliphatic carbocycles. The second kappa shape index (κ2) is 11.3. The van der Waals surface area contributed by atoms with Crippen molar-refractivity contribution in [2.45, 2.75) is 111 Å². The zero-order valence-corrected chi connectivity index (χ0v) is 23.3. The fourth-order valence-electron chi connectivity index (χ4n) is 3.66. The van der Waals surface area contributed by atoms with Crippen molar-refractivity contribution in [3.8, 4) is 5.75 Å². The zero-order valence-electron chi connectivity index (χ0n) is 23.3. The van der Waals surface area contributed by atoms with E-state index in [1.54, 1.807) is 32.9 Å². The minimum Gasteiger partial charge on any atom is -0.508 e. The first kappa shape index (κ1) is 30.3. The normalized spacial score (nSPS) is 14.9. The molecule has 0 bridgehead atoms. The van der Waals surface area contributed by atoms with E-state index in [-0.39, 0.29) is 17.6 Å². The van der Waals surface area contributed by atoms with Gasteiger partial charge in [0.1, 0.15) is 23.4 Å². The van der Waals surface area contributed by atoms with E-state index in [0.29, 0.717) is 12.0 Å². The van der Waals surface area contributed by atoms with Gasteiger partial charge in [0.15, 0.2) is 0 Å². The van der Waals surface area contributed by atoms with Gasteiger partial charge >= 0.3 is 6.09 Å². The number of nitrogens with one attached hydrogen (secondary N) is 2. The fraction of sp³-hybridized carbons (Fsp3) is 0.667. The van der Waals surface area contributed by atoms with Gasteiger partial charge in [-0.15, -0.1) is 0 Å². The van der Waals surface area contributed by atoms with Gasteiger partial charge in [0.25, 0.3) is 0 Å². The SMILES string of the molecule is CCC(C)C(NC(=O)OC(C)(C)C)C(=O)N(C(C(=O)NC(C)(C)C)c1cccc(O)c1)C(C)(C)C. The van der Waals surface area contributed by atoms with Crippen LogP contribution >= 0.6 is 0 Å². The van der Waals surface area contributed by atoms with Crippen molar-refractivity contribution in [2.24, 2.45) is 5.92 Å². The highest BCUT2D eigenvalue weighted by Crippen LogP contribution is 2.33. The maximum absolute atomic E-state index is 14.2. The van der Waals surface area contributed by atoms with Crippen LogP contribution in [0.4, 0.5) is 4.79 Å². The molecule has 0 fully saturated rings. The Bertz CT molecular complexity index is 893. The van der Waals surface area contributed by atoms with Crippen LogP contribution in [0.1, 0.15) is 94.2 Å². The molecule has 198 valence electrons. The number of benzene rings is 1. The summed E-state index contributed by atoms with van der Waals surface area (Å²) in [6.07, 6.45) is -0.0760. The Kier molecular flexibility index (Phi) is 9.78. The highest BCUT2D eigenvalue weighted by molar-refractivity contribution is 5.93. The molecule has 0 aromatic heterocycles. The molecule has 8 nitrogen and oxygen atoms in total. The molecule has 0 saturated carbocycles. The van der Waals surface area contributed by atoms with Gasteiger partial charge in [-0.1, -0.05) is 32.4 Å². The highest BCUT2D eigenvalue weighted by Gasteiger charge is 2.43. The third kappa shape index (κ3) is 9.42. The van der Waals surface area contributed by atoms with E-state index >= 15 is 0 Å². The van der Waals surface area contributed by atoms with Crippen LogP contribution in [0.25, 0.3) is 0 Å². The topological polar surface area (TPSA) is 108 Å². The summed E-state index contributed by atoms with van der Waals surface area (Å²) in [7, 11) is 0. The molecule has 0 aliphatic heterocycles. The molecule has 0 radical (unpaired) electrons. The van der Waals surface area contributed by atoms with E-state index < -0.39 is 40.8 Å². The van der Waals surface area contributed by atoms with Crippen LogP contribution in [0.2, 0.25) is 0 Å². The molecule has 8 heteroatoms. The van der Waals surface area contributed by atoms with Gasteiger partial charge in [0, 0.05) is 11.1 Å². The Morgan fingerprint density at radius 2 is 1.60 bits per heavy atom. The van der Waals surface area contributed by atoms with Crippen molar-refractivity contribution in [1.82, 2.24) is 15.5 Å². The van der Waals surface area contributed by atoms with Crippen LogP contribution in [-0.4, -0.2) is 50.6 Å². The molecule has 0 heterocycles. The predicted octanol–water partition coefficient (Wildman–Crippen LogP) is 4.91. The van der Waals surface area contributed by atoms with E-state index in [2.05, 4.69) is 10.6 Å². The van der Waals surface area contributed by atoms with Gasteiger partial charge < -0.3 is 25.4 Å². The average molecular weight is 492 g/mol. The summed E-state index contributed by atoms with van der Waals surface area (Å²) in [6, 6.07) is 4.38. The van der Waals surface area contributed by atoms with E-state index in [9.17, 15) is 19.5 Å². The Labute approximate surface area is 210 Å². The lowest BCUT2D eigenvalue weighted by molar-refractivity contribution is -0.150. The number of hydrogen-bond acceptors (Lipinski definition) is 5. The second-order valence-electron chi connectivity index (χ2n) is 12.1. The van der Waals surface area contributed by atoms with Gasteiger partial charge in [-0.05, 0) is 85.9 Å². The molecule has 0 spiro atoms. The van der Waals surface area contributed by atoms with Gasteiger partial charge in [0.05, 0.1) is 0 Å². The fourth-order valence-corrected chi connectivity index (χ4v) is 3.66. The number of alkyl carbamates (subject to hydrolysis) is 1. The summed E-state index contributed by atoms with van der Waals surface area (Å²) in [5.74, 6) is -1.03. The second-order valence-corrected chi connectivity index (χ2v) is 12.1. The van der Waals surface area contributed by atoms with Crippen LogP contribution in [0, 0.1) is 5.92 Å². The number of hydrogen-bond donors (Lipinski definition) is 3. The minimum absolute atomic E-state index is 0.0114. The number of phenolic OH excluding ortho intramolecular Hbond substituents is 1. The molecule has 3 atom stereocenters. The Hall–Kier alpha value is -2.77. The van der Waals surface area contributed by atoms with Gasteiger partial charge in [0.2, 0.25) is 11.8 Å². The molecule has 1 aromatic rings. The average Bonchev–Trinajstić information content (AvgIpc) is 2.65. The number of phenols is 1. The Morgan fingerprint density at radius 1 is 1.03 bits per heavy atom. The van der Waals surface area contributed by atoms with E-state index in [1.807, 2.05) is 55.4 Å². The number of amides is 3. The summed E-state index contributed by atoms with van der Waals surface area (Å²) in [5.41, 5.74) is -1.61. The zero-order chi connectivity index (χ0) is 27.4. The van der Waals surface area contributed by atoms with Crippen LogP contribution in [0.3, 0.4) is 0 Å². The maximum atomic E-state index is 14.2. The Morgan fingerprint density at radius 3 is 2.03 bits per heavy atom. The van der Waals surface area contributed by atoms with Crippen molar-refractivity contribution in [3.05, 3.63) is 29.8 Å². The number of carbonyl (C=O) groups is 3. The standard InChI is InChI=1S/C27H45N3O5/c1-12-17(2)20(28-24(34)35-27(9,10)11)23(33)30(26(6,7)8)21(22(32)29-25(3,4)5)18-14-13-15-19(31)16-18/h13-17,20-21,31H,12H2,1-11H3,(H,28,34)(H,29,32). The largest absolute Gasteiger partial charge is 0.508 e. The molecule has 3 amide bonds. The van der Waals surface area contributed by atoms with Crippen LogP contribution < -0.4 is 10.6 Å². The van der Waals surface area contributed by atoms with Crippen LogP contribution in [0.5, 0.6) is 5.75 Å². The number of rotatable bonds is 7. The third-order valence-electron chi connectivity index (χ3n) is 5.30. The lowest BCUT2D eigenvalue weighted by atomic mass is 9.91. The number of ether oxygens (including phenoxy) is 1. The van der Waals surface area contributed by atoms with E-state index in [4.69, 9.17) is 4.74 Å². The first-order valence-corrected chi connectivity index (χ1v) is 12.2. The van der Waals surface area contributed by atoms with Crippen molar-refractivity contribution >= 4 is 17.9 Å². The monoisotopic (exact) mass is 491 g/mol. The molecule has 1 rings (SSSR count). The van der Waals surface area contributed by atoms with E-state index in [1.165, 1.54) is 17.0 Å². The van der Waals surface area contributed by atoms with Crippen molar-refractivity contribution in [3.63, 3.8) is 0 Å². The lowest BCUT2D eigenvalue weighted by Crippen LogP contribution is -2.60. The van der Waals surface area contributed by atoms with Gasteiger partial charge in [-0.25, -0.2) is 4.79 Å². The van der Waals surface area contributed by atoms with Crippen LogP contribution in [0.15, 0.2) is 24.3 Å². The van der Waals surface area contributed by atoms with E-state index in [0.717, 1.165) is 0 Å². The summed E-state index contributed by atoms with van der Waals surface area (Å²) < 4.78 is 5.42. The maximum Gasteiger partial charge on any atom is 0.408 e. The molecule has 0 saturated heterocycles. The number of aromatic hydroxyl groups is 1. The smallest absolute Gasteiger partial charge is 0.408 e. The van der Waals surface area contributed by atoms with Crippen molar-refractivity contribution in [1.29, 1.82) is 0 Å². The summed E-state index contributed by atoms with van der Waals surface area (Å²) in [6.45, 7) is 20.2. The number of nitrogens with zero attached hydrogens (tertiary/aromatic N) is 1. The molecule has 35 heavy (non-hydrogen) atoms. The summed E-state index contributed by atoms with van der Waals surface area (Å²) in [4.78, 5) is 42.0. The highest BCUT2D eigenvalue weighted by atomic mass is 16.6. The molecule has 3 unspecified atom stereocenters. The van der Waals surface area contributed by atoms with Crippen molar-refractivity contribution < 1.29 is 24.2 Å². The number of carbonyl (C=O) groups excluding carboxylic acids is 3. The predicted molar refractivity (Wildman–Crippen MR) is 138 cm³/mol. The summed E-state index contributed by atoms with van der Waals surface area (Å²) in [5, 5.41) is 15.9. The molecule has 3 N–H and O–H groups in total. The molecular formula is C27H45N3O5. The third-order valence-corrected chi connectivity index (χ3v) is 5.30. The lowest BCUT2D eigenvalue weighted by Gasteiger charge is -2.44. The van der Waals surface area contributed by atoms with Gasteiger partial charge in [-0.3, -0.25) is 9.59 Å². The molecule has 0 aliphatic rings. The molecule has 1 aromatic carbocycles. The van der Waals surface area contributed by atoms with Crippen LogP contribution in [-0.2, 0) is 14.3 Å². The first-order valence-electron chi connectivity index (χ1n) is 12.2. The summed E-state index contributed by atoms with van der Waals surface area (Å²) >= 11 is 0. The minimum atomic E-state index is -1.04. The Balaban J connectivity index is 3.63. The quantitative estimate of drug-likeness (QED) is 0.502.